The first-order chi connectivity index (χ1) is 11.5. The molecule has 0 radical (unpaired) electrons. The molecule has 24 heavy (non-hydrogen) atoms. The van der Waals surface area contributed by atoms with Crippen LogP contribution in [0.2, 0.25) is 0 Å². The molecule has 2 rings (SSSR count). The maximum atomic E-state index is 12.6. The summed E-state index contributed by atoms with van der Waals surface area (Å²) < 4.78 is 0. The van der Waals surface area contributed by atoms with Crippen LogP contribution in [0.5, 0.6) is 11.5 Å². The first kappa shape index (κ1) is 17.3. The van der Waals surface area contributed by atoms with Gasteiger partial charge in [0, 0.05) is 6.42 Å². The van der Waals surface area contributed by atoms with Crippen LogP contribution in [0.25, 0.3) is 0 Å². The van der Waals surface area contributed by atoms with Crippen LogP contribution in [0.15, 0.2) is 48.5 Å². The standard InChI is InChI=1S/C18H20N2O4/c1-2-3-16(23)19-20-18(24)17(12-4-8-14(21)9-5-12)13-6-10-15(22)11-7-13/h4-11,17,21-22H,2-3H2,1H3,(H,19,23)(H,20,24). The van der Waals surface area contributed by atoms with Crippen molar-refractivity contribution >= 4 is 11.8 Å². The third-order valence-electron chi connectivity index (χ3n) is 3.52. The van der Waals surface area contributed by atoms with Crippen LogP contribution < -0.4 is 10.9 Å². The lowest BCUT2D eigenvalue weighted by Gasteiger charge is -2.18. The van der Waals surface area contributed by atoms with Crippen molar-refractivity contribution in [2.75, 3.05) is 0 Å². The van der Waals surface area contributed by atoms with Gasteiger partial charge in [0.2, 0.25) is 11.8 Å². The summed E-state index contributed by atoms with van der Waals surface area (Å²) >= 11 is 0. The van der Waals surface area contributed by atoms with Crippen molar-refractivity contribution in [1.29, 1.82) is 0 Å². The zero-order valence-electron chi connectivity index (χ0n) is 13.3. The molecule has 6 heteroatoms. The SMILES string of the molecule is CCCC(=O)NNC(=O)C(c1ccc(O)cc1)c1ccc(O)cc1. The van der Waals surface area contributed by atoms with E-state index < -0.39 is 11.8 Å². The third kappa shape index (κ3) is 4.49. The Balaban J connectivity index is 2.25. The number of carbonyl (C=O) groups excluding carboxylic acids is 2. The van der Waals surface area contributed by atoms with Gasteiger partial charge in [-0.15, -0.1) is 0 Å². The van der Waals surface area contributed by atoms with Crippen LogP contribution in [-0.4, -0.2) is 22.0 Å². The molecule has 126 valence electrons. The molecule has 0 fully saturated rings. The van der Waals surface area contributed by atoms with Crippen molar-refractivity contribution in [3.8, 4) is 11.5 Å². The topological polar surface area (TPSA) is 98.7 Å². The minimum atomic E-state index is -0.687. The molecule has 0 aliphatic heterocycles. The molecule has 0 heterocycles. The summed E-state index contributed by atoms with van der Waals surface area (Å²) in [6.07, 6.45) is 1.00. The van der Waals surface area contributed by atoms with Gasteiger partial charge < -0.3 is 10.2 Å². The van der Waals surface area contributed by atoms with Gasteiger partial charge in [0.15, 0.2) is 0 Å². The van der Waals surface area contributed by atoms with E-state index in [9.17, 15) is 19.8 Å². The molecular formula is C18H20N2O4. The molecule has 0 unspecified atom stereocenters. The number of amides is 2. The van der Waals surface area contributed by atoms with Crippen LogP contribution in [0.4, 0.5) is 0 Å². The zero-order valence-corrected chi connectivity index (χ0v) is 13.3. The number of aromatic hydroxyl groups is 2. The van der Waals surface area contributed by atoms with Crippen LogP contribution in [-0.2, 0) is 9.59 Å². The molecule has 0 aliphatic carbocycles. The molecule has 2 aromatic carbocycles. The van der Waals surface area contributed by atoms with E-state index in [1.165, 1.54) is 24.3 Å². The number of carbonyl (C=O) groups is 2. The second-order valence-corrected chi connectivity index (χ2v) is 5.40. The minimum absolute atomic E-state index is 0.0971. The smallest absolute Gasteiger partial charge is 0.250 e. The fourth-order valence-corrected chi connectivity index (χ4v) is 2.32. The monoisotopic (exact) mass is 328 g/mol. The molecule has 4 N–H and O–H groups in total. The molecular weight excluding hydrogens is 308 g/mol. The lowest BCUT2D eigenvalue weighted by molar-refractivity contribution is -0.129. The molecule has 0 bridgehead atoms. The Bertz CT molecular complexity index is 650. The molecule has 0 atom stereocenters. The number of hydrazine groups is 1. The normalized spacial score (nSPS) is 10.4. The Morgan fingerprint density at radius 2 is 1.33 bits per heavy atom. The molecule has 0 saturated heterocycles. The summed E-state index contributed by atoms with van der Waals surface area (Å²) in [4.78, 5) is 24.1. The lowest BCUT2D eigenvalue weighted by Crippen LogP contribution is -2.44. The van der Waals surface area contributed by atoms with Crippen LogP contribution >= 0.6 is 0 Å². The van der Waals surface area contributed by atoms with Gasteiger partial charge in [-0.3, -0.25) is 20.4 Å². The number of nitrogens with one attached hydrogen (secondary N) is 2. The average Bonchev–Trinajstić information content (AvgIpc) is 2.57. The van der Waals surface area contributed by atoms with E-state index in [0.717, 1.165) is 0 Å². The van der Waals surface area contributed by atoms with E-state index in [-0.39, 0.29) is 17.4 Å². The fraction of sp³-hybridized carbons (Fsp3) is 0.222. The van der Waals surface area contributed by atoms with Crippen molar-refractivity contribution < 1.29 is 19.8 Å². The fourth-order valence-electron chi connectivity index (χ4n) is 2.32. The Hall–Kier alpha value is -3.02. The molecule has 0 spiro atoms. The van der Waals surface area contributed by atoms with E-state index in [1.807, 2.05) is 6.92 Å². The van der Waals surface area contributed by atoms with Gasteiger partial charge in [-0.1, -0.05) is 31.2 Å². The van der Waals surface area contributed by atoms with Crippen molar-refractivity contribution in [2.45, 2.75) is 25.7 Å². The number of rotatable bonds is 5. The summed E-state index contributed by atoms with van der Waals surface area (Å²) in [5, 5.41) is 18.9. The van der Waals surface area contributed by atoms with Gasteiger partial charge in [-0.25, -0.2) is 0 Å². The molecule has 0 saturated carbocycles. The van der Waals surface area contributed by atoms with Gasteiger partial charge in [-0.2, -0.15) is 0 Å². The molecule has 2 amide bonds. The summed E-state index contributed by atoms with van der Waals surface area (Å²) in [5.41, 5.74) is 6.13. The van der Waals surface area contributed by atoms with E-state index in [0.29, 0.717) is 24.0 Å². The summed E-state index contributed by atoms with van der Waals surface area (Å²) in [7, 11) is 0. The quantitative estimate of drug-likeness (QED) is 0.632. The molecule has 0 aromatic heterocycles. The van der Waals surface area contributed by atoms with Crippen molar-refractivity contribution in [1.82, 2.24) is 10.9 Å². The number of phenols is 2. The lowest BCUT2D eigenvalue weighted by atomic mass is 9.90. The number of hydrogen-bond donors (Lipinski definition) is 4. The van der Waals surface area contributed by atoms with E-state index >= 15 is 0 Å². The van der Waals surface area contributed by atoms with Gasteiger partial charge in [-0.05, 0) is 41.8 Å². The highest BCUT2D eigenvalue weighted by Gasteiger charge is 2.23. The minimum Gasteiger partial charge on any atom is -0.508 e. The van der Waals surface area contributed by atoms with Gasteiger partial charge in [0.1, 0.15) is 11.5 Å². The van der Waals surface area contributed by atoms with E-state index in [4.69, 9.17) is 0 Å². The van der Waals surface area contributed by atoms with E-state index in [1.54, 1.807) is 24.3 Å². The predicted octanol–water partition coefficient (Wildman–Crippen LogP) is 2.18. The van der Waals surface area contributed by atoms with Crippen molar-refractivity contribution in [3.63, 3.8) is 0 Å². The first-order valence-electron chi connectivity index (χ1n) is 7.67. The Morgan fingerprint density at radius 1 is 0.875 bits per heavy atom. The largest absolute Gasteiger partial charge is 0.508 e. The second-order valence-electron chi connectivity index (χ2n) is 5.40. The Labute approximate surface area is 140 Å². The predicted molar refractivity (Wildman–Crippen MR) is 89.3 cm³/mol. The maximum Gasteiger partial charge on any atom is 0.250 e. The molecule has 2 aromatic rings. The van der Waals surface area contributed by atoms with E-state index in [2.05, 4.69) is 10.9 Å². The number of hydrogen-bond acceptors (Lipinski definition) is 4. The third-order valence-corrected chi connectivity index (χ3v) is 3.52. The summed E-state index contributed by atoms with van der Waals surface area (Å²) in [6.45, 7) is 1.87. The highest BCUT2D eigenvalue weighted by atomic mass is 16.3. The van der Waals surface area contributed by atoms with Crippen LogP contribution in [0, 0.1) is 0 Å². The highest BCUT2D eigenvalue weighted by molar-refractivity contribution is 5.89. The first-order valence-corrected chi connectivity index (χ1v) is 7.67. The maximum absolute atomic E-state index is 12.6. The Kier molecular flexibility index (Phi) is 5.78. The van der Waals surface area contributed by atoms with Gasteiger partial charge in [0.25, 0.3) is 0 Å². The van der Waals surface area contributed by atoms with Gasteiger partial charge >= 0.3 is 0 Å². The molecule has 0 aliphatic rings. The van der Waals surface area contributed by atoms with Crippen molar-refractivity contribution in [3.05, 3.63) is 59.7 Å². The summed E-state index contributed by atoms with van der Waals surface area (Å²) in [6, 6.07) is 12.5. The molecule has 6 nitrogen and oxygen atoms in total. The van der Waals surface area contributed by atoms with Crippen molar-refractivity contribution in [2.24, 2.45) is 0 Å². The summed E-state index contributed by atoms with van der Waals surface area (Å²) in [5.74, 6) is -1.16. The average molecular weight is 328 g/mol. The zero-order chi connectivity index (χ0) is 17.5. The Morgan fingerprint density at radius 3 is 1.75 bits per heavy atom. The van der Waals surface area contributed by atoms with Crippen LogP contribution in [0.3, 0.4) is 0 Å². The van der Waals surface area contributed by atoms with Gasteiger partial charge in [0.05, 0.1) is 5.92 Å². The highest BCUT2D eigenvalue weighted by Crippen LogP contribution is 2.27. The number of benzene rings is 2. The second kappa shape index (κ2) is 8.01. The van der Waals surface area contributed by atoms with Crippen LogP contribution in [0.1, 0.15) is 36.8 Å². The number of phenolic OH excluding ortho intramolecular Hbond substituents is 2.